The number of nitrogens with two attached hydrogens (primary N) is 1. The van der Waals surface area contributed by atoms with Gasteiger partial charge in [0.1, 0.15) is 0 Å². The van der Waals surface area contributed by atoms with Crippen molar-refractivity contribution in [3.8, 4) is 11.5 Å². The lowest BCUT2D eigenvalue weighted by molar-refractivity contribution is 0.1000. The molecule has 0 spiro atoms. The van der Waals surface area contributed by atoms with Crippen molar-refractivity contribution in [1.29, 1.82) is 0 Å². The van der Waals surface area contributed by atoms with Gasteiger partial charge in [0.15, 0.2) is 17.3 Å². The molecule has 0 aliphatic carbocycles. The van der Waals surface area contributed by atoms with Gasteiger partial charge in [-0.3, -0.25) is 4.79 Å². The van der Waals surface area contributed by atoms with Crippen molar-refractivity contribution in [2.24, 2.45) is 5.73 Å². The van der Waals surface area contributed by atoms with Crippen LogP contribution >= 0.6 is 15.9 Å². The van der Waals surface area contributed by atoms with Crippen LogP contribution in [0, 0.1) is 0 Å². The van der Waals surface area contributed by atoms with Crippen molar-refractivity contribution >= 4 is 21.7 Å². The number of carbonyl (C=O) groups is 1. The Bertz CT molecular complexity index is 420. The van der Waals surface area contributed by atoms with Gasteiger partial charge in [0.25, 0.3) is 0 Å². The highest BCUT2D eigenvalue weighted by atomic mass is 79.9. The van der Waals surface area contributed by atoms with Crippen molar-refractivity contribution in [2.75, 3.05) is 19.8 Å². The largest absolute Gasteiger partial charge is 0.490 e. The van der Waals surface area contributed by atoms with Gasteiger partial charge < -0.3 is 15.2 Å². The van der Waals surface area contributed by atoms with E-state index < -0.39 is 0 Å². The summed E-state index contributed by atoms with van der Waals surface area (Å²) in [5.74, 6) is 1.14. The highest BCUT2D eigenvalue weighted by molar-refractivity contribution is 9.10. The van der Waals surface area contributed by atoms with Gasteiger partial charge in [-0.05, 0) is 28.1 Å². The van der Waals surface area contributed by atoms with Gasteiger partial charge in [-0.15, -0.1) is 0 Å². The van der Waals surface area contributed by atoms with Crippen LogP contribution in [0.25, 0.3) is 0 Å². The third-order valence-corrected chi connectivity index (χ3v) is 3.13. The van der Waals surface area contributed by atoms with Crippen LogP contribution < -0.4 is 15.2 Å². The van der Waals surface area contributed by atoms with Crippen LogP contribution in [-0.2, 0) is 0 Å². The number of rotatable bonds is 2. The Hall–Kier alpha value is -1.07. The topological polar surface area (TPSA) is 61.6 Å². The number of hydrogen-bond acceptors (Lipinski definition) is 4. The highest BCUT2D eigenvalue weighted by Gasteiger charge is 2.19. The van der Waals surface area contributed by atoms with Crippen LogP contribution in [0.3, 0.4) is 0 Å². The first-order chi connectivity index (χ1) is 7.74. The van der Waals surface area contributed by atoms with E-state index >= 15 is 0 Å². The molecule has 1 heterocycles. The van der Waals surface area contributed by atoms with Crippen LogP contribution in [0.15, 0.2) is 16.6 Å². The van der Waals surface area contributed by atoms with E-state index in [1.807, 2.05) is 0 Å². The second-order valence-electron chi connectivity index (χ2n) is 3.43. The van der Waals surface area contributed by atoms with E-state index in [9.17, 15) is 4.79 Å². The lowest BCUT2D eigenvalue weighted by atomic mass is 10.1. The van der Waals surface area contributed by atoms with Gasteiger partial charge in [0, 0.05) is 12.0 Å². The molecule has 1 aromatic carbocycles. The quantitative estimate of drug-likeness (QED) is 0.841. The summed E-state index contributed by atoms with van der Waals surface area (Å²) in [6, 6.07) is 3.45. The van der Waals surface area contributed by atoms with E-state index in [-0.39, 0.29) is 12.3 Å². The minimum absolute atomic E-state index is 0.0156. The van der Waals surface area contributed by atoms with Gasteiger partial charge in [0.2, 0.25) is 0 Å². The molecule has 0 saturated heterocycles. The average molecular weight is 286 g/mol. The number of Topliss-reactive ketones (excluding diaryl/α,β-unsaturated/α-hetero) is 1. The Kier molecular flexibility index (Phi) is 3.46. The maximum atomic E-state index is 11.6. The predicted molar refractivity (Wildman–Crippen MR) is 63.1 cm³/mol. The van der Waals surface area contributed by atoms with Crippen LogP contribution in [-0.4, -0.2) is 25.5 Å². The number of ketones is 1. The molecule has 1 aliphatic heterocycles. The molecule has 0 saturated carbocycles. The number of ether oxygens (including phenoxy) is 2. The lowest BCUT2D eigenvalue weighted by Crippen LogP contribution is -2.14. The molecule has 0 bridgehead atoms. The van der Waals surface area contributed by atoms with Crippen LogP contribution in [0.1, 0.15) is 16.8 Å². The number of hydrogen-bond donors (Lipinski definition) is 1. The van der Waals surface area contributed by atoms with E-state index in [0.29, 0.717) is 34.7 Å². The number of fused-ring (bicyclic) bond motifs is 1. The summed E-state index contributed by atoms with van der Waals surface area (Å²) in [7, 11) is 0. The van der Waals surface area contributed by atoms with E-state index in [1.54, 1.807) is 12.1 Å². The Morgan fingerprint density at radius 2 is 2.12 bits per heavy atom. The summed E-state index contributed by atoms with van der Waals surface area (Å²) < 4.78 is 11.7. The molecule has 0 radical (unpaired) electrons. The second-order valence-corrected chi connectivity index (χ2v) is 4.23. The Balaban J connectivity index is 2.45. The summed E-state index contributed by atoms with van der Waals surface area (Å²) in [4.78, 5) is 11.6. The first-order valence-corrected chi connectivity index (χ1v) is 5.84. The summed E-state index contributed by atoms with van der Waals surface area (Å²) in [6.07, 6.45) is 0.835. The molecule has 0 atom stereocenters. The third-order valence-electron chi connectivity index (χ3n) is 2.34. The molecule has 86 valence electrons. The minimum atomic E-state index is -0.123. The molecule has 2 N–H and O–H groups in total. The normalized spacial score (nSPS) is 14.4. The summed E-state index contributed by atoms with van der Waals surface area (Å²) >= 11 is 3.36. The summed E-state index contributed by atoms with van der Waals surface area (Å²) in [5.41, 5.74) is 5.87. The van der Waals surface area contributed by atoms with Crippen molar-refractivity contribution in [1.82, 2.24) is 0 Å². The fourth-order valence-electron chi connectivity index (χ4n) is 1.53. The van der Waals surface area contributed by atoms with Crippen molar-refractivity contribution in [3.63, 3.8) is 0 Å². The van der Waals surface area contributed by atoms with Crippen LogP contribution in [0.5, 0.6) is 11.5 Å². The smallest absolute Gasteiger partial charge is 0.177 e. The van der Waals surface area contributed by atoms with Crippen molar-refractivity contribution < 1.29 is 14.3 Å². The van der Waals surface area contributed by atoms with Crippen LogP contribution in [0.2, 0.25) is 0 Å². The molecule has 0 unspecified atom stereocenters. The molecule has 4 nitrogen and oxygen atoms in total. The number of carbonyl (C=O) groups excluding carboxylic acids is 1. The summed E-state index contributed by atoms with van der Waals surface area (Å²) in [6.45, 7) is 1.20. The molecular formula is C11H12BrNO3. The van der Waals surface area contributed by atoms with Gasteiger partial charge in [-0.2, -0.15) is 0 Å². The number of halogens is 1. The standard InChI is InChI=1S/C11H12BrNO3/c12-10-7(8(14)6-13)2-3-9-11(10)16-5-1-4-15-9/h2-3H,1,4-6,13H2. The van der Waals surface area contributed by atoms with E-state index in [2.05, 4.69) is 15.9 Å². The summed E-state index contributed by atoms with van der Waals surface area (Å²) in [5, 5.41) is 0. The maximum Gasteiger partial charge on any atom is 0.177 e. The molecule has 1 aliphatic rings. The molecular weight excluding hydrogens is 274 g/mol. The number of benzene rings is 1. The Labute approximate surface area is 102 Å². The van der Waals surface area contributed by atoms with Crippen molar-refractivity contribution in [2.45, 2.75) is 6.42 Å². The van der Waals surface area contributed by atoms with Crippen molar-refractivity contribution in [3.05, 3.63) is 22.2 Å². The molecule has 2 rings (SSSR count). The Morgan fingerprint density at radius 1 is 1.38 bits per heavy atom. The molecule has 0 aromatic heterocycles. The van der Waals surface area contributed by atoms with Gasteiger partial charge in [-0.25, -0.2) is 0 Å². The predicted octanol–water partition coefficient (Wildman–Crippen LogP) is 1.75. The second kappa shape index (κ2) is 4.84. The zero-order chi connectivity index (χ0) is 11.5. The first-order valence-electron chi connectivity index (χ1n) is 5.05. The highest BCUT2D eigenvalue weighted by Crippen LogP contribution is 2.39. The monoisotopic (exact) mass is 285 g/mol. The van der Waals surface area contributed by atoms with Crippen LogP contribution in [0.4, 0.5) is 0 Å². The van der Waals surface area contributed by atoms with E-state index in [4.69, 9.17) is 15.2 Å². The van der Waals surface area contributed by atoms with E-state index in [0.717, 1.165) is 6.42 Å². The van der Waals surface area contributed by atoms with Gasteiger partial charge in [-0.1, -0.05) is 0 Å². The average Bonchev–Trinajstić information content (AvgIpc) is 2.54. The maximum absolute atomic E-state index is 11.6. The SMILES string of the molecule is NCC(=O)c1ccc2c(c1Br)OCCCO2. The molecule has 16 heavy (non-hydrogen) atoms. The van der Waals surface area contributed by atoms with Gasteiger partial charge >= 0.3 is 0 Å². The fourth-order valence-corrected chi connectivity index (χ4v) is 2.19. The molecule has 0 fully saturated rings. The zero-order valence-corrected chi connectivity index (χ0v) is 10.2. The fraction of sp³-hybridized carbons (Fsp3) is 0.364. The first kappa shape index (κ1) is 11.4. The zero-order valence-electron chi connectivity index (χ0n) is 8.66. The molecule has 0 amide bonds. The van der Waals surface area contributed by atoms with E-state index in [1.165, 1.54) is 0 Å². The Morgan fingerprint density at radius 3 is 2.88 bits per heavy atom. The molecule has 5 heteroatoms. The minimum Gasteiger partial charge on any atom is -0.490 e. The lowest BCUT2D eigenvalue weighted by Gasteiger charge is -2.11. The van der Waals surface area contributed by atoms with Gasteiger partial charge in [0.05, 0.1) is 24.2 Å². The molecule has 1 aromatic rings. The third kappa shape index (κ3) is 2.05.